The van der Waals surface area contributed by atoms with Gasteiger partial charge in [-0.3, -0.25) is 4.79 Å². The number of oxazole rings is 1. The zero-order valence-corrected chi connectivity index (χ0v) is 13.9. The number of nitrogens with zero attached hydrogens (tertiary/aromatic N) is 1. The third-order valence-electron chi connectivity index (χ3n) is 3.37. The van der Waals surface area contributed by atoms with Crippen molar-refractivity contribution in [1.29, 1.82) is 0 Å². The lowest BCUT2D eigenvalue weighted by molar-refractivity contribution is -0.117. The third kappa shape index (κ3) is 3.21. The number of thiocarbonyl (C=S) groups is 1. The zero-order valence-electron chi connectivity index (χ0n) is 13.1. The number of benzene rings is 2. The van der Waals surface area contributed by atoms with Crippen molar-refractivity contribution in [3.8, 4) is 17.2 Å². The Hall–Kier alpha value is -2.93. The van der Waals surface area contributed by atoms with E-state index in [2.05, 4.69) is 15.6 Å². The Morgan fingerprint density at radius 3 is 2.75 bits per heavy atom. The van der Waals surface area contributed by atoms with Crippen molar-refractivity contribution in [2.24, 2.45) is 0 Å². The van der Waals surface area contributed by atoms with E-state index < -0.39 is 0 Å². The number of carbonyl (C=O) groups is 1. The summed E-state index contributed by atoms with van der Waals surface area (Å²) in [7, 11) is 0. The van der Waals surface area contributed by atoms with E-state index in [-0.39, 0.29) is 16.8 Å². The maximum absolute atomic E-state index is 11.0. The lowest BCUT2D eigenvalue weighted by Crippen LogP contribution is -2.32. The van der Waals surface area contributed by atoms with Crippen molar-refractivity contribution in [3.63, 3.8) is 0 Å². The molecule has 122 valence electrons. The second-order valence-electron chi connectivity index (χ2n) is 5.31. The van der Waals surface area contributed by atoms with E-state index in [1.807, 2.05) is 24.3 Å². The molecule has 0 saturated heterocycles. The fraction of sp³-hybridized carbons (Fsp3) is 0.118. The number of aromatic nitrogens is 1. The Kier molecular flexibility index (Phi) is 4.18. The lowest BCUT2D eigenvalue weighted by atomic mass is 10.1. The van der Waals surface area contributed by atoms with Crippen LogP contribution in [0, 0.1) is 6.92 Å². The Balaban J connectivity index is 2.01. The number of hydrogen-bond donors (Lipinski definition) is 3. The number of hydrogen-bond acceptors (Lipinski definition) is 5. The van der Waals surface area contributed by atoms with Gasteiger partial charge in [-0.2, -0.15) is 0 Å². The maximum Gasteiger partial charge on any atom is 0.231 e. The SMILES string of the molecule is CC(=O)NC(=S)Nc1cc(C)c(O)c(-c2nc3ccccc3o2)c1. The number of aryl methyl sites for hydroxylation is 1. The molecule has 7 heteroatoms. The molecule has 0 unspecified atom stereocenters. The molecule has 1 aromatic heterocycles. The highest BCUT2D eigenvalue weighted by Crippen LogP contribution is 2.35. The van der Waals surface area contributed by atoms with Gasteiger partial charge in [0.1, 0.15) is 11.3 Å². The summed E-state index contributed by atoms with van der Waals surface area (Å²) in [5.41, 5.74) is 3.02. The van der Waals surface area contributed by atoms with E-state index >= 15 is 0 Å². The summed E-state index contributed by atoms with van der Waals surface area (Å²) < 4.78 is 5.71. The van der Waals surface area contributed by atoms with Crippen LogP contribution in [0.4, 0.5) is 5.69 Å². The molecule has 0 aliphatic carbocycles. The van der Waals surface area contributed by atoms with Gasteiger partial charge in [0, 0.05) is 12.6 Å². The molecule has 1 amide bonds. The van der Waals surface area contributed by atoms with Gasteiger partial charge in [-0.15, -0.1) is 0 Å². The van der Waals surface area contributed by atoms with Gasteiger partial charge in [0.05, 0.1) is 5.56 Å². The standard InChI is InChI=1S/C17H15N3O3S/c1-9-7-11(19-17(24)18-10(2)21)8-12(15(9)22)16-20-13-5-3-4-6-14(13)23-16/h3-8,22H,1-2H3,(H2,18,19,21,24). The molecular formula is C17H15N3O3S. The van der Waals surface area contributed by atoms with E-state index in [4.69, 9.17) is 16.6 Å². The summed E-state index contributed by atoms with van der Waals surface area (Å²) in [4.78, 5) is 15.4. The molecule has 0 aliphatic rings. The van der Waals surface area contributed by atoms with Crippen molar-refractivity contribution in [1.82, 2.24) is 10.3 Å². The maximum atomic E-state index is 11.0. The molecule has 0 atom stereocenters. The average molecular weight is 341 g/mol. The first-order chi connectivity index (χ1) is 11.4. The number of nitrogens with one attached hydrogen (secondary N) is 2. The first kappa shape index (κ1) is 15.9. The van der Waals surface area contributed by atoms with Crippen molar-refractivity contribution in [3.05, 3.63) is 42.0 Å². The molecule has 0 spiro atoms. The van der Waals surface area contributed by atoms with Gasteiger partial charge in [0.2, 0.25) is 11.8 Å². The molecule has 2 aromatic carbocycles. The number of rotatable bonds is 2. The van der Waals surface area contributed by atoms with Gasteiger partial charge in [0.25, 0.3) is 0 Å². The number of fused-ring (bicyclic) bond motifs is 1. The number of carbonyl (C=O) groups excluding carboxylic acids is 1. The normalized spacial score (nSPS) is 10.6. The topological polar surface area (TPSA) is 87.4 Å². The highest BCUT2D eigenvalue weighted by Gasteiger charge is 2.15. The molecule has 3 rings (SSSR count). The summed E-state index contributed by atoms with van der Waals surface area (Å²) in [5, 5.41) is 15.9. The van der Waals surface area contributed by atoms with Crippen LogP contribution in [0.1, 0.15) is 12.5 Å². The second-order valence-corrected chi connectivity index (χ2v) is 5.72. The fourth-order valence-electron chi connectivity index (χ4n) is 2.32. The van der Waals surface area contributed by atoms with Gasteiger partial charge in [0.15, 0.2) is 10.7 Å². The van der Waals surface area contributed by atoms with E-state index in [0.717, 1.165) is 0 Å². The number of amides is 1. The van der Waals surface area contributed by atoms with E-state index in [9.17, 15) is 9.90 Å². The molecular weight excluding hydrogens is 326 g/mol. The molecule has 3 N–H and O–H groups in total. The summed E-state index contributed by atoms with van der Waals surface area (Å²) in [6.07, 6.45) is 0. The highest BCUT2D eigenvalue weighted by atomic mass is 32.1. The molecule has 0 saturated carbocycles. The van der Waals surface area contributed by atoms with Crippen LogP contribution in [-0.2, 0) is 4.79 Å². The van der Waals surface area contributed by atoms with Crippen LogP contribution in [-0.4, -0.2) is 21.1 Å². The predicted octanol–water partition coefficient (Wildman–Crippen LogP) is 3.34. The number of phenols is 1. The monoisotopic (exact) mass is 341 g/mol. The van der Waals surface area contributed by atoms with Crippen LogP contribution in [0.2, 0.25) is 0 Å². The van der Waals surface area contributed by atoms with E-state index in [0.29, 0.717) is 33.8 Å². The van der Waals surface area contributed by atoms with Crippen LogP contribution in [0.5, 0.6) is 5.75 Å². The lowest BCUT2D eigenvalue weighted by Gasteiger charge is -2.11. The molecule has 3 aromatic rings. The zero-order chi connectivity index (χ0) is 17.3. The summed E-state index contributed by atoms with van der Waals surface area (Å²) in [5.74, 6) is 0.130. The smallest absolute Gasteiger partial charge is 0.231 e. The highest BCUT2D eigenvalue weighted by molar-refractivity contribution is 7.80. The third-order valence-corrected chi connectivity index (χ3v) is 3.58. The van der Waals surface area contributed by atoms with E-state index in [1.165, 1.54) is 6.92 Å². The minimum absolute atomic E-state index is 0.0811. The molecule has 0 radical (unpaired) electrons. The van der Waals surface area contributed by atoms with Crippen molar-refractivity contribution >= 4 is 40.0 Å². The van der Waals surface area contributed by atoms with Gasteiger partial charge in [-0.05, 0) is 49.0 Å². The van der Waals surface area contributed by atoms with Crippen LogP contribution >= 0.6 is 12.2 Å². The average Bonchev–Trinajstić information content (AvgIpc) is 2.93. The second kappa shape index (κ2) is 6.29. The number of para-hydroxylation sites is 2. The molecule has 24 heavy (non-hydrogen) atoms. The first-order valence-electron chi connectivity index (χ1n) is 7.22. The van der Waals surface area contributed by atoms with Gasteiger partial charge in [-0.25, -0.2) is 4.98 Å². The fourth-order valence-corrected chi connectivity index (χ4v) is 2.59. The summed E-state index contributed by atoms with van der Waals surface area (Å²) in [6, 6.07) is 10.7. The van der Waals surface area contributed by atoms with Gasteiger partial charge >= 0.3 is 0 Å². The Morgan fingerprint density at radius 1 is 1.29 bits per heavy atom. The van der Waals surface area contributed by atoms with Crippen LogP contribution in [0.25, 0.3) is 22.6 Å². The quantitative estimate of drug-likeness (QED) is 0.489. The molecule has 0 aliphatic heterocycles. The van der Waals surface area contributed by atoms with Crippen molar-refractivity contribution in [2.45, 2.75) is 13.8 Å². The minimum atomic E-state index is -0.262. The van der Waals surface area contributed by atoms with Crippen LogP contribution in [0.15, 0.2) is 40.8 Å². The van der Waals surface area contributed by atoms with Gasteiger partial charge in [-0.1, -0.05) is 12.1 Å². The van der Waals surface area contributed by atoms with Gasteiger partial charge < -0.3 is 20.2 Å². The number of aromatic hydroxyl groups is 1. The Labute approximate surface area is 143 Å². The summed E-state index contributed by atoms with van der Waals surface area (Å²) >= 11 is 5.06. The van der Waals surface area contributed by atoms with Crippen LogP contribution < -0.4 is 10.6 Å². The predicted molar refractivity (Wildman–Crippen MR) is 95.9 cm³/mol. The Bertz CT molecular complexity index is 916. The van der Waals surface area contributed by atoms with Crippen molar-refractivity contribution in [2.75, 3.05) is 5.32 Å². The van der Waals surface area contributed by atoms with E-state index in [1.54, 1.807) is 19.1 Å². The molecule has 1 heterocycles. The number of anilines is 1. The Morgan fingerprint density at radius 2 is 2.04 bits per heavy atom. The molecule has 0 bridgehead atoms. The van der Waals surface area contributed by atoms with Crippen molar-refractivity contribution < 1.29 is 14.3 Å². The molecule has 6 nitrogen and oxygen atoms in total. The number of phenolic OH excluding ortho intramolecular Hbond substituents is 1. The minimum Gasteiger partial charge on any atom is -0.507 e. The molecule has 0 fully saturated rings. The largest absolute Gasteiger partial charge is 0.507 e. The summed E-state index contributed by atoms with van der Waals surface area (Å²) in [6.45, 7) is 3.13. The van der Waals surface area contributed by atoms with Crippen LogP contribution in [0.3, 0.4) is 0 Å². The first-order valence-corrected chi connectivity index (χ1v) is 7.63.